The largest absolute Gasteiger partial charge is 0.358 e. The monoisotopic (exact) mass is 544 g/mol. The topological polar surface area (TPSA) is 51.2 Å². The predicted octanol–water partition coefficient (Wildman–Crippen LogP) is 7.74. The van der Waals surface area contributed by atoms with E-state index in [1.165, 1.54) is 27.2 Å². The van der Waals surface area contributed by atoms with Gasteiger partial charge in [-0.05, 0) is 63.7 Å². The molecule has 0 aliphatic carbocycles. The summed E-state index contributed by atoms with van der Waals surface area (Å²) in [7, 11) is 3.80. The van der Waals surface area contributed by atoms with Crippen LogP contribution in [0.4, 0.5) is 0 Å². The highest BCUT2D eigenvalue weighted by Crippen LogP contribution is 2.51. The summed E-state index contributed by atoms with van der Waals surface area (Å²) in [5.41, 5.74) is 6.75. The lowest BCUT2D eigenvalue weighted by molar-refractivity contribution is -0.795. The lowest BCUT2D eigenvalue weighted by atomic mass is 9.73. The zero-order valence-corrected chi connectivity index (χ0v) is 25.0. The number of nitrogens with zero attached hydrogens (tertiary/aromatic N) is 3. The van der Waals surface area contributed by atoms with Gasteiger partial charge in [0.15, 0.2) is 11.2 Å². The van der Waals surface area contributed by atoms with Crippen molar-refractivity contribution in [3.8, 4) is 11.3 Å². The van der Waals surface area contributed by atoms with Crippen LogP contribution in [0.2, 0.25) is 0 Å². The average Bonchev–Trinajstić information content (AvgIpc) is 3.27. The van der Waals surface area contributed by atoms with Crippen molar-refractivity contribution in [3.05, 3.63) is 83.7 Å². The number of aliphatic hydroxyl groups is 1. The normalized spacial score (nSPS) is 18.1. The number of hydrogen-bond donors (Lipinski definition) is 1. The van der Waals surface area contributed by atoms with E-state index in [2.05, 4.69) is 111 Å². The molecule has 0 fully saturated rings. The van der Waals surface area contributed by atoms with Gasteiger partial charge < -0.3 is 14.4 Å². The molecule has 0 saturated carbocycles. The van der Waals surface area contributed by atoms with Gasteiger partial charge in [-0.15, -0.1) is 0 Å². The number of aryl methyl sites for hydroxylation is 2. The summed E-state index contributed by atoms with van der Waals surface area (Å²) in [6, 6.07) is 23.8. The van der Waals surface area contributed by atoms with E-state index >= 15 is 0 Å². The fourth-order valence-corrected chi connectivity index (χ4v) is 7.91. The minimum atomic E-state index is -1.53. The number of rotatable bonds is 4. The van der Waals surface area contributed by atoms with Crippen molar-refractivity contribution >= 4 is 43.5 Å². The molecule has 2 aromatic heterocycles. The third-order valence-corrected chi connectivity index (χ3v) is 9.90. The molecule has 5 nitrogen and oxygen atoms in total. The maximum Gasteiger partial charge on any atom is 0.297 e. The molecule has 1 aliphatic heterocycles. The van der Waals surface area contributed by atoms with E-state index in [0.717, 1.165) is 44.5 Å². The zero-order valence-electron chi connectivity index (χ0n) is 25.0. The van der Waals surface area contributed by atoms with E-state index < -0.39 is 11.3 Å². The van der Waals surface area contributed by atoms with E-state index in [0.29, 0.717) is 18.8 Å². The molecule has 0 spiro atoms. The highest BCUT2D eigenvalue weighted by Gasteiger charge is 2.61. The summed E-state index contributed by atoms with van der Waals surface area (Å²) in [5.74, 6) is -0.281. The van der Waals surface area contributed by atoms with E-state index in [1.807, 2.05) is 6.07 Å². The summed E-state index contributed by atoms with van der Waals surface area (Å²) in [4.78, 5) is 5.35. The van der Waals surface area contributed by atoms with Gasteiger partial charge in [-0.1, -0.05) is 76.2 Å². The Morgan fingerprint density at radius 3 is 2.17 bits per heavy atom. The molecule has 0 saturated heterocycles. The van der Waals surface area contributed by atoms with E-state index in [4.69, 9.17) is 9.72 Å². The molecule has 1 unspecified atom stereocenters. The van der Waals surface area contributed by atoms with Gasteiger partial charge in [-0.25, -0.2) is 4.57 Å². The molecule has 5 heteroatoms. The molecule has 0 radical (unpaired) electrons. The molecule has 1 atom stereocenters. The molecule has 6 aromatic rings. The maximum absolute atomic E-state index is 12.6. The van der Waals surface area contributed by atoms with Crippen molar-refractivity contribution < 1.29 is 14.4 Å². The van der Waals surface area contributed by atoms with Crippen LogP contribution in [0, 0.1) is 6.92 Å². The van der Waals surface area contributed by atoms with Crippen LogP contribution in [-0.4, -0.2) is 21.8 Å². The van der Waals surface area contributed by atoms with Gasteiger partial charge in [-0.2, -0.15) is 0 Å². The standard InChI is InChI=1S/C36H38N3O2/c1-8-35(9-2)36(40,41-7)30-19-24-15-11-10-14-23(24)18-28(30)33-34-31(37-22(5)39(33)35)29-20-27(21(3)4)25-16-12-13-17-26(25)32(29)38(34)6/h10-21,40H,8-9H2,1-7H3/q+1. The van der Waals surface area contributed by atoms with Crippen LogP contribution in [0.25, 0.3) is 54.7 Å². The lowest BCUT2D eigenvalue weighted by Gasteiger charge is -2.48. The maximum atomic E-state index is 12.6. The van der Waals surface area contributed by atoms with Gasteiger partial charge >= 0.3 is 0 Å². The molecule has 0 amide bonds. The van der Waals surface area contributed by atoms with Gasteiger partial charge in [0, 0.05) is 37.6 Å². The van der Waals surface area contributed by atoms with E-state index in [-0.39, 0.29) is 0 Å². The number of fused-ring (bicyclic) bond motifs is 10. The third-order valence-electron chi connectivity index (χ3n) is 9.90. The predicted molar refractivity (Wildman–Crippen MR) is 167 cm³/mol. The fraction of sp³-hybridized carbons (Fsp3) is 0.333. The van der Waals surface area contributed by atoms with Crippen molar-refractivity contribution in [2.45, 2.75) is 64.7 Å². The first kappa shape index (κ1) is 26.1. The first-order valence-electron chi connectivity index (χ1n) is 14.8. The van der Waals surface area contributed by atoms with E-state index in [1.54, 1.807) is 7.11 Å². The van der Waals surface area contributed by atoms with Crippen molar-refractivity contribution in [1.29, 1.82) is 0 Å². The number of benzene rings is 4. The lowest BCUT2D eigenvalue weighted by Crippen LogP contribution is -2.72. The number of methoxy groups -OCH3 is 1. The fourth-order valence-electron chi connectivity index (χ4n) is 7.91. The number of ether oxygens (including phenoxy) is 1. The van der Waals surface area contributed by atoms with Crippen molar-refractivity contribution in [2.24, 2.45) is 7.05 Å². The van der Waals surface area contributed by atoms with Crippen LogP contribution in [0.15, 0.2) is 66.7 Å². The van der Waals surface area contributed by atoms with Crippen LogP contribution in [0.5, 0.6) is 0 Å². The third kappa shape index (κ3) is 3.14. The van der Waals surface area contributed by atoms with Crippen LogP contribution in [0.3, 0.4) is 0 Å². The van der Waals surface area contributed by atoms with Crippen LogP contribution in [-0.2, 0) is 23.1 Å². The van der Waals surface area contributed by atoms with Gasteiger partial charge in [0.25, 0.3) is 5.82 Å². The Bertz CT molecular complexity index is 2030. The van der Waals surface area contributed by atoms with Crippen molar-refractivity contribution in [2.75, 3.05) is 7.11 Å². The summed E-state index contributed by atoms with van der Waals surface area (Å²) in [6.07, 6.45) is 1.35. The molecule has 3 heterocycles. The van der Waals surface area contributed by atoms with Crippen LogP contribution < -0.4 is 4.57 Å². The number of hydrogen-bond acceptors (Lipinski definition) is 3. The van der Waals surface area contributed by atoms with Gasteiger partial charge in [-0.3, -0.25) is 0 Å². The van der Waals surface area contributed by atoms with Crippen LogP contribution in [0.1, 0.15) is 63.4 Å². The Labute approximate surface area is 241 Å². The van der Waals surface area contributed by atoms with Gasteiger partial charge in [0.1, 0.15) is 5.52 Å². The first-order valence-corrected chi connectivity index (χ1v) is 14.8. The molecular weight excluding hydrogens is 506 g/mol. The van der Waals surface area contributed by atoms with Crippen molar-refractivity contribution in [1.82, 2.24) is 9.55 Å². The average molecular weight is 545 g/mol. The highest BCUT2D eigenvalue weighted by atomic mass is 16.6. The minimum Gasteiger partial charge on any atom is -0.358 e. The number of aromatic nitrogens is 3. The van der Waals surface area contributed by atoms with E-state index in [9.17, 15) is 5.11 Å². The Morgan fingerprint density at radius 2 is 1.54 bits per heavy atom. The first-order chi connectivity index (χ1) is 19.7. The summed E-state index contributed by atoms with van der Waals surface area (Å²) in [6.45, 7) is 10.9. The molecular formula is C36H38N3O2+. The summed E-state index contributed by atoms with van der Waals surface area (Å²) in [5, 5.41) is 18.5. The molecule has 208 valence electrons. The highest BCUT2D eigenvalue weighted by molar-refractivity contribution is 6.19. The summed E-state index contributed by atoms with van der Waals surface area (Å²) >= 11 is 0. The molecule has 0 bridgehead atoms. The van der Waals surface area contributed by atoms with Gasteiger partial charge in [0.2, 0.25) is 11.3 Å². The second-order valence-electron chi connectivity index (χ2n) is 12.0. The smallest absolute Gasteiger partial charge is 0.297 e. The van der Waals surface area contributed by atoms with Gasteiger partial charge in [0.05, 0.1) is 10.9 Å². The molecule has 1 aliphatic rings. The molecule has 7 rings (SSSR count). The Balaban J connectivity index is 1.77. The second kappa shape index (κ2) is 8.85. The molecule has 4 aromatic carbocycles. The summed E-state index contributed by atoms with van der Waals surface area (Å²) < 4.78 is 10.8. The quantitative estimate of drug-likeness (QED) is 0.182. The molecule has 1 N–H and O–H groups in total. The second-order valence-corrected chi connectivity index (χ2v) is 12.0. The zero-order chi connectivity index (χ0) is 28.8. The SMILES string of the molecule is CCC1(CC)[n+]2c(C)nc3c4cc(C(C)C)c5ccccc5c4n(C)c3c2-c2cc3ccccc3cc2C1(O)OC. The minimum absolute atomic E-state index is 0.379. The van der Waals surface area contributed by atoms with Crippen molar-refractivity contribution in [3.63, 3.8) is 0 Å². The Morgan fingerprint density at radius 1 is 0.902 bits per heavy atom. The van der Waals surface area contributed by atoms with Crippen LogP contribution >= 0.6 is 0 Å². The Hall–Kier alpha value is -3.80. The Kier molecular flexibility index (Phi) is 5.64. The molecule has 41 heavy (non-hydrogen) atoms.